The zero-order valence-corrected chi connectivity index (χ0v) is 33.6. The fraction of sp³-hybridized carbons (Fsp3) is 0.148. The van der Waals surface area contributed by atoms with Gasteiger partial charge in [-0.3, -0.25) is 4.98 Å². The highest BCUT2D eigenvalue weighted by Gasteiger charge is 2.23. The molecule has 0 saturated carbocycles. The van der Waals surface area contributed by atoms with E-state index in [-0.39, 0.29) is 10.8 Å². The van der Waals surface area contributed by atoms with E-state index in [0.717, 1.165) is 89.0 Å². The third-order valence-corrected chi connectivity index (χ3v) is 11.2. The molecule has 6 aromatic carbocycles. The normalized spacial score (nSPS) is 12.0. The molecule has 1 N–H and O–H groups in total. The first kappa shape index (κ1) is 36.1. The summed E-state index contributed by atoms with van der Waals surface area (Å²) in [5, 5.41) is 2.30. The first-order chi connectivity index (χ1) is 27.5. The minimum absolute atomic E-state index is 0.0206. The number of rotatable bonds is 6. The minimum Gasteiger partial charge on any atom is -0.353 e. The third kappa shape index (κ3) is 7.06. The van der Waals surface area contributed by atoms with E-state index < -0.39 is 0 Å². The average molecular weight is 738 g/mol. The van der Waals surface area contributed by atoms with E-state index in [0.29, 0.717) is 0 Å². The van der Waals surface area contributed by atoms with Crippen molar-refractivity contribution in [3.05, 3.63) is 181 Å². The Labute approximate surface area is 336 Å². The molecule has 0 spiro atoms. The topological polar surface area (TPSA) is 41.6 Å². The van der Waals surface area contributed by atoms with Crippen LogP contribution < -0.4 is 0 Å². The molecule has 0 atom stereocenters. The first-order valence-corrected chi connectivity index (χ1v) is 19.9. The van der Waals surface area contributed by atoms with Crippen molar-refractivity contribution in [2.75, 3.05) is 0 Å². The van der Waals surface area contributed by atoms with Gasteiger partial charge in [-0.1, -0.05) is 151 Å². The van der Waals surface area contributed by atoms with Crippen LogP contribution >= 0.6 is 0 Å². The Balaban J connectivity index is 1.36. The molecule has 57 heavy (non-hydrogen) atoms. The van der Waals surface area contributed by atoms with Crippen molar-refractivity contribution < 1.29 is 0 Å². The van der Waals surface area contributed by atoms with Crippen LogP contribution in [0.2, 0.25) is 0 Å². The molecule has 278 valence electrons. The summed E-state index contributed by atoms with van der Waals surface area (Å²) in [6, 6.07) is 59.0. The highest BCUT2D eigenvalue weighted by Crippen LogP contribution is 2.43. The zero-order valence-electron chi connectivity index (χ0n) is 33.6. The van der Waals surface area contributed by atoms with Crippen LogP contribution in [0.3, 0.4) is 0 Å². The van der Waals surface area contributed by atoms with Crippen LogP contribution in [0.5, 0.6) is 0 Å². The summed E-state index contributed by atoms with van der Waals surface area (Å²) < 4.78 is 0. The van der Waals surface area contributed by atoms with E-state index in [1.54, 1.807) is 0 Å². The van der Waals surface area contributed by atoms with Gasteiger partial charge in [-0.2, -0.15) is 0 Å². The van der Waals surface area contributed by atoms with Gasteiger partial charge in [0.1, 0.15) is 0 Å². The predicted molar refractivity (Wildman–Crippen MR) is 241 cm³/mol. The van der Waals surface area contributed by atoms with E-state index >= 15 is 0 Å². The molecule has 0 bridgehead atoms. The van der Waals surface area contributed by atoms with E-state index in [4.69, 9.17) is 9.97 Å². The lowest BCUT2D eigenvalue weighted by atomic mass is 9.84. The van der Waals surface area contributed by atoms with Crippen LogP contribution in [0.25, 0.3) is 89.0 Å². The molecule has 0 aliphatic carbocycles. The standard InChI is InChI=1S/C54H47N3/c1-53(2,3)42-24-16-23-39(27-42)48-33-43(54(4,5)6)34-50(56-48)47-31-41(37-21-14-9-15-22-37)29-45-44-28-40(36-19-12-8-13-20-36)30-46(51(44)57-52(45)47)49-32-38(25-26-55-49)35-17-10-7-11-18-35/h7-34,57H,1-6H3. The Morgan fingerprint density at radius 2 is 0.860 bits per heavy atom. The van der Waals surface area contributed by atoms with Gasteiger partial charge >= 0.3 is 0 Å². The lowest BCUT2D eigenvalue weighted by Gasteiger charge is -2.23. The lowest BCUT2D eigenvalue weighted by molar-refractivity contribution is 0.589. The van der Waals surface area contributed by atoms with Crippen LogP contribution in [0.4, 0.5) is 0 Å². The summed E-state index contributed by atoms with van der Waals surface area (Å²) in [4.78, 5) is 14.5. The van der Waals surface area contributed by atoms with E-state index in [2.05, 4.69) is 210 Å². The van der Waals surface area contributed by atoms with Crippen LogP contribution in [0, 0.1) is 0 Å². The van der Waals surface area contributed by atoms with E-state index in [9.17, 15) is 0 Å². The highest BCUT2D eigenvalue weighted by atomic mass is 14.8. The third-order valence-electron chi connectivity index (χ3n) is 11.2. The molecule has 0 aliphatic rings. The number of hydrogen-bond acceptors (Lipinski definition) is 2. The maximum absolute atomic E-state index is 5.52. The number of hydrogen-bond donors (Lipinski definition) is 1. The Kier molecular flexibility index (Phi) is 8.97. The summed E-state index contributed by atoms with van der Waals surface area (Å²) in [6.07, 6.45) is 1.93. The number of nitrogens with one attached hydrogen (secondary N) is 1. The van der Waals surface area contributed by atoms with Crippen LogP contribution in [0.1, 0.15) is 52.7 Å². The fourth-order valence-corrected chi connectivity index (χ4v) is 7.88. The van der Waals surface area contributed by atoms with Gasteiger partial charge in [0.05, 0.1) is 28.1 Å². The van der Waals surface area contributed by atoms with Gasteiger partial charge in [0.25, 0.3) is 0 Å². The predicted octanol–water partition coefficient (Wildman–Crippen LogP) is 14.7. The molecule has 0 amide bonds. The average Bonchev–Trinajstić information content (AvgIpc) is 3.62. The smallest absolute Gasteiger partial charge is 0.0733 e. The van der Waals surface area contributed by atoms with E-state index in [1.807, 2.05) is 6.20 Å². The SMILES string of the molecule is CC(C)(C)c1cccc(-c2cc(C(C)(C)C)cc(-c3cc(-c4ccccc4)cc4c3[nH]c3c(-c5cc(-c6ccccc6)ccn5)cc(-c5ccccc5)cc34)n2)c1. The number of fused-ring (bicyclic) bond motifs is 3. The fourth-order valence-electron chi connectivity index (χ4n) is 7.88. The van der Waals surface area contributed by atoms with Crippen molar-refractivity contribution in [3.8, 4) is 67.2 Å². The second kappa shape index (κ2) is 14.2. The molecule has 3 aromatic heterocycles. The Morgan fingerprint density at radius 3 is 1.40 bits per heavy atom. The van der Waals surface area contributed by atoms with Gasteiger partial charge in [0, 0.05) is 33.7 Å². The van der Waals surface area contributed by atoms with Gasteiger partial charge in [0.15, 0.2) is 0 Å². The number of aromatic nitrogens is 3. The molecular weight excluding hydrogens is 691 g/mol. The molecule has 0 fully saturated rings. The van der Waals surface area contributed by atoms with Gasteiger partial charge < -0.3 is 4.98 Å². The molecule has 3 nitrogen and oxygen atoms in total. The maximum atomic E-state index is 5.52. The molecule has 0 unspecified atom stereocenters. The number of benzene rings is 6. The van der Waals surface area contributed by atoms with Crippen molar-refractivity contribution in [2.24, 2.45) is 0 Å². The molecule has 0 aliphatic heterocycles. The minimum atomic E-state index is -0.0993. The lowest BCUT2D eigenvalue weighted by Crippen LogP contribution is -2.13. The Hall–Kier alpha value is -6.58. The van der Waals surface area contributed by atoms with Crippen molar-refractivity contribution in [2.45, 2.75) is 52.4 Å². The van der Waals surface area contributed by atoms with Gasteiger partial charge in [-0.25, -0.2) is 4.98 Å². The number of nitrogens with zero attached hydrogens (tertiary/aromatic N) is 2. The van der Waals surface area contributed by atoms with E-state index in [1.165, 1.54) is 11.1 Å². The number of H-pyrrole nitrogens is 1. The summed E-state index contributed by atoms with van der Waals surface area (Å²) in [5.74, 6) is 0. The van der Waals surface area contributed by atoms with Gasteiger partial charge in [-0.15, -0.1) is 0 Å². The van der Waals surface area contributed by atoms with Crippen LogP contribution in [-0.4, -0.2) is 15.0 Å². The number of aromatic amines is 1. The Morgan fingerprint density at radius 1 is 0.368 bits per heavy atom. The molecule has 3 heteroatoms. The number of pyridine rings is 2. The highest BCUT2D eigenvalue weighted by molar-refractivity contribution is 6.17. The summed E-state index contributed by atoms with van der Waals surface area (Å²) in [7, 11) is 0. The molecule has 9 aromatic rings. The van der Waals surface area contributed by atoms with Crippen LogP contribution in [-0.2, 0) is 10.8 Å². The molecule has 0 radical (unpaired) electrons. The van der Waals surface area contributed by atoms with Crippen molar-refractivity contribution >= 4 is 21.8 Å². The summed E-state index contributed by atoms with van der Waals surface area (Å²) in [5.41, 5.74) is 17.6. The van der Waals surface area contributed by atoms with Gasteiger partial charge in [-0.05, 0) is 110 Å². The van der Waals surface area contributed by atoms with Crippen molar-refractivity contribution in [1.29, 1.82) is 0 Å². The molecule has 9 rings (SSSR count). The zero-order chi connectivity index (χ0) is 39.3. The second-order valence-corrected chi connectivity index (χ2v) is 17.3. The first-order valence-electron chi connectivity index (χ1n) is 19.9. The largest absolute Gasteiger partial charge is 0.353 e. The van der Waals surface area contributed by atoms with Gasteiger partial charge in [0.2, 0.25) is 0 Å². The van der Waals surface area contributed by atoms with Crippen LogP contribution in [0.15, 0.2) is 170 Å². The maximum Gasteiger partial charge on any atom is 0.0733 e. The molecule has 3 heterocycles. The molecular formula is C54H47N3. The second-order valence-electron chi connectivity index (χ2n) is 17.3. The van der Waals surface area contributed by atoms with Crippen molar-refractivity contribution in [3.63, 3.8) is 0 Å². The van der Waals surface area contributed by atoms with Crippen molar-refractivity contribution in [1.82, 2.24) is 15.0 Å². The monoisotopic (exact) mass is 737 g/mol. The summed E-state index contributed by atoms with van der Waals surface area (Å²) >= 11 is 0. The summed E-state index contributed by atoms with van der Waals surface area (Å²) in [6.45, 7) is 13.7. The quantitative estimate of drug-likeness (QED) is 0.185. The Bertz CT molecular complexity index is 2890. The molecule has 0 saturated heterocycles.